The number of hydrogen-bond acceptors (Lipinski definition) is 6. The summed E-state index contributed by atoms with van der Waals surface area (Å²) in [5.41, 5.74) is 3.61. The number of carbonyl (C=O) groups is 1. The number of aromatic hydroxyl groups is 1. The van der Waals surface area contributed by atoms with Gasteiger partial charge in [-0.1, -0.05) is 29.5 Å². The predicted molar refractivity (Wildman–Crippen MR) is 109 cm³/mol. The van der Waals surface area contributed by atoms with Crippen LogP contribution in [0, 0.1) is 6.92 Å². The highest BCUT2D eigenvalue weighted by Gasteiger charge is 2.31. The first-order chi connectivity index (χ1) is 14.3. The Bertz CT molecular complexity index is 1030. The van der Waals surface area contributed by atoms with Gasteiger partial charge in [0.2, 0.25) is 10.0 Å². The van der Waals surface area contributed by atoms with Crippen molar-refractivity contribution in [2.75, 3.05) is 32.7 Å². The normalized spacial score (nSPS) is 16.0. The minimum atomic E-state index is -3.53. The molecule has 1 saturated heterocycles. The van der Waals surface area contributed by atoms with Crippen LogP contribution in [0.3, 0.4) is 0 Å². The maximum Gasteiger partial charge on any atom is 0.295 e. The maximum atomic E-state index is 12.7. The van der Waals surface area contributed by atoms with E-state index in [1.165, 1.54) is 22.7 Å². The van der Waals surface area contributed by atoms with Gasteiger partial charge in [-0.3, -0.25) is 4.79 Å². The Kier molecular flexibility index (Phi) is 6.70. The molecule has 1 aliphatic rings. The Morgan fingerprint density at radius 2 is 1.90 bits per heavy atom. The van der Waals surface area contributed by atoms with Gasteiger partial charge in [0.15, 0.2) is 6.54 Å². The van der Waals surface area contributed by atoms with Crippen molar-refractivity contribution in [3.8, 4) is 11.5 Å². The van der Waals surface area contributed by atoms with E-state index in [2.05, 4.69) is 10.5 Å². The van der Waals surface area contributed by atoms with Gasteiger partial charge in [0, 0.05) is 0 Å². The molecule has 30 heavy (non-hydrogen) atoms. The molecule has 9 nitrogen and oxygen atoms in total. The number of amides is 1. The molecule has 0 atom stereocenters. The van der Waals surface area contributed by atoms with E-state index in [0.29, 0.717) is 26.2 Å². The van der Waals surface area contributed by atoms with Crippen LogP contribution in [-0.2, 0) is 14.8 Å². The molecule has 1 amide bonds. The quantitative estimate of drug-likeness (QED) is 0.391. The lowest BCUT2D eigenvalue weighted by atomic mass is 10.2. The highest BCUT2D eigenvalue weighted by molar-refractivity contribution is 7.89. The molecular formula is C20H24N4O5S. The third kappa shape index (κ3) is 5.35. The van der Waals surface area contributed by atoms with E-state index in [9.17, 15) is 23.4 Å². The fraction of sp³-hybridized carbons (Fsp3) is 0.300. The lowest BCUT2D eigenvalue weighted by molar-refractivity contribution is -0.895. The zero-order valence-electron chi connectivity index (χ0n) is 16.5. The highest BCUT2D eigenvalue weighted by Crippen LogP contribution is 2.18. The van der Waals surface area contributed by atoms with Crippen molar-refractivity contribution in [2.24, 2.45) is 5.10 Å². The monoisotopic (exact) mass is 432 g/mol. The smallest absolute Gasteiger partial charge is 0.295 e. The second-order valence-corrected chi connectivity index (χ2v) is 9.10. The molecule has 1 heterocycles. The number of quaternary nitrogens is 1. The summed E-state index contributed by atoms with van der Waals surface area (Å²) in [5.74, 6) is -0.861. The fourth-order valence-electron chi connectivity index (χ4n) is 3.15. The van der Waals surface area contributed by atoms with Gasteiger partial charge in [0.25, 0.3) is 5.91 Å². The average Bonchev–Trinajstić information content (AvgIpc) is 2.70. The highest BCUT2D eigenvalue weighted by atomic mass is 32.2. The summed E-state index contributed by atoms with van der Waals surface area (Å²) in [6.45, 7) is 3.72. The molecule has 0 saturated carbocycles. The molecular weight excluding hydrogens is 408 g/mol. The molecule has 0 spiro atoms. The standard InChI is InChI=1S/C20H24N4O5S/c1-15-2-6-18(7-3-15)30(28,29)24-10-8-23(9-11-24)14-20(27)22-21-13-16-4-5-17(25)12-19(16)26/h2-7,12-13,25-26H,8-11,14H2,1H3,(H,22,27)/b21-13+. The van der Waals surface area contributed by atoms with Crippen molar-refractivity contribution in [3.63, 3.8) is 0 Å². The number of phenolic OH excluding ortho intramolecular Hbond substituents is 1. The van der Waals surface area contributed by atoms with Gasteiger partial charge in [-0.2, -0.15) is 9.41 Å². The Balaban J connectivity index is 1.48. The average molecular weight is 433 g/mol. The van der Waals surface area contributed by atoms with Gasteiger partial charge in [-0.15, -0.1) is 0 Å². The zero-order valence-corrected chi connectivity index (χ0v) is 17.4. The lowest BCUT2D eigenvalue weighted by Crippen LogP contribution is -3.15. The van der Waals surface area contributed by atoms with E-state index in [4.69, 9.17) is 0 Å². The van der Waals surface area contributed by atoms with Crippen molar-refractivity contribution in [3.05, 3.63) is 53.6 Å². The number of benzene rings is 2. The Morgan fingerprint density at radius 1 is 1.23 bits per heavy atom. The molecule has 160 valence electrons. The summed E-state index contributed by atoms with van der Waals surface area (Å²) in [4.78, 5) is 13.3. The number of hydrazone groups is 1. The summed E-state index contributed by atoms with van der Waals surface area (Å²) >= 11 is 0. The number of hydrogen-bond donors (Lipinski definition) is 3. The number of nitrogens with one attached hydrogen (secondary N) is 2. The first-order valence-electron chi connectivity index (χ1n) is 9.48. The molecule has 0 aliphatic carbocycles. The van der Waals surface area contributed by atoms with Gasteiger partial charge in [-0.05, 0) is 36.8 Å². The van der Waals surface area contributed by atoms with Gasteiger partial charge in [0.05, 0.1) is 37.3 Å². The molecule has 10 heteroatoms. The molecule has 0 unspecified atom stereocenters. The van der Waals surface area contributed by atoms with Crippen molar-refractivity contribution in [2.45, 2.75) is 11.8 Å². The second-order valence-electron chi connectivity index (χ2n) is 7.16. The lowest BCUT2D eigenvalue weighted by Gasteiger charge is -2.31. The zero-order chi connectivity index (χ0) is 21.7. The van der Waals surface area contributed by atoms with E-state index in [0.717, 1.165) is 16.5 Å². The van der Waals surface area contributed by atoms with Gasteiger partial charge in [-0.25, -0.2) is 13.8 Å². The number of aryl methyl sites for hydroxylation is 1. The third-order valence-electron chi connectivity index (χ3n) is 4.89. The third-order valence-corrected chi connectivity index (χ3v) is 6.80. The van der Waals surface area contributed by atoms with Crippen molar-refractivity contribution >= 4 is 22.1 Å². The van der Waals surface area contributed by atoms with Crippen LogP contribution in [0.1, 0.15) is 11.1 Å². The van der Waals surface area contributed by atoms with Gasteiger partial charge in [0.1, 0.15) is 5.75 Å². The van der Waals surface area contributed by atoms with Crippen LogP contribution < -0.4 is 15.4 Å². The largest absolute Gasteiger partial charge is 0.872 e. The number of rotatable bonds is 6. The molecule has 0 aromatic heterocycles. The Hall–Kier alpha value is -2.95. The molecule has 0 radical (unpaired) electrons. The number of phenols is 1. The molecule has 2 aromatic rings. The topological polar surface area (TPSA) is 127 Å². The number of piperazine rings is 1. The second kappa shape index (κ2) is 9.24. The van der Waals surface area contributed by atoms with Crippen LogP contribution in [0.4, 0.5) is 0 Å². The van der Waals surface area contributed by atoms with Crippen molar-refractivity contribution < 1.29 is 28.3 Å². The van der Waals surface area contributed by atoms with Crippen LogP contribution in [0.5, 0.6) is 11.5 Å². The summed E-state index contributed by atoms with van der Waals surface area (Å²) in [6.07, 6.45) is 1.22. The Labute approximate surface area is 175 Å². The molecule has 0 bridgehead atoms. The van der Waals surface area contributed by atoms with Gasteiger partial charge < -0.3 is 15.1 Å². The fourth-order valence-corrected chi connectivity index (χ4v) is 4.59. The van der Waals surface area contributed by atoms with E-state index >= 15 is 0 Å². The first kappa shape index (κ1) is 21.8. The molecule has 3 rings (SSSR count). The van der Waals surface area contributed by atoms with Crippen LogP contribution >= 0.6 is 0 Å². The predicted octanol–water partition coefficient (Wildman–Crippen LogP) is -1.19. The van der Waals surface area contributed by atoms with E-state index < -0.39 is 15.8 Å². The minimum Gasteiger partial charge on any atom is -0.872 e. The summed E-state index contributed by atoms with van der Waals surface area (Å²) < 4.78 is 26.9. The maximum absolute atomic E-state index is 12.7. The molecule has 3 N–H and O–H groups in total. The number of sulfonamides is 1. The molecule has 1 aliphatic heterocycles. The van der Waals surface area contributed by atoms with Crippen LogP contribution in [0.15, 0.2) is 52.5 Å². The summed E-state index contributed by atoms with van der Waals surface area (Å²) in [7, 11) is -3.53. The molecule has 2 aromatic carbocycles. The molecule has 1 fully saturated rings. The van der Waals surface area contributed by atoms with Crippen molar-refractivity contribution in [1.29, 1.82) is 0 Å². The number of carbonyl (C=O) groups excluding carboxylic acids is 1. The summed E-state index contributed by atoms with van der Waals surface area (Å²) in [6, 6.07) is 10.6. The van der Waals surface area contributed by atoms with Crippen molar-refractivity contribution in [1.82, 2.24) is 9.73 Å². The van der Waals surface area contributed by atoms with E-state index in [1.807, 2.05) is 6.92 Å². The minimum absolute atomic E-state index is 0.131. The van der Waals surface area contributed by atoms with Crippen LogP contribution in [0.2, 0.25) is 0 Å². The SMILES string of the molecule is Cc1ccc(S(=O)(=O)N2CC[NH+](CC(=O)N/N=C/c3ccc(O)cc3[O-])CC2)cc1. The van der Waals surface area contributed by atoms with Crippen LogP contribution in [0.25, 0.3) is 0 Å². The summed E-state index contributed by atoms with van der Waals surface area (Å²) in [5, 5.41) is 24.6. The number of nitrogens with zero attached hydrogens (tertiary/aromatic N) is 2. The van der Waals surface area contributed by atoms with E-state index in [-0.39, 0.29) is 28.7 Å². The van der Waals surface area contributed by atoms with E-state index in [1.54, 1.807) is 24.3 Å². The Morgan fingerprint density at radius 3 is 2.53 bits per heavy atom. The van der Waals surface area contributed by atoms with Gasteiger partial charge >= 0.3 is 0 Å². The van der Waals surface area contributed by atoms with Crippen LogP contribution in [-0.4, -0.2) is 62.7 Å². The first-order valence-corrected chi connectivity index (χ1v) is 10.9.